The molecule has 3 N–H and O–H groups in total. The number of nitrogens with two attached hydrogens (primary N) is 1. The highest BCUT2D eigenvalue weighted by molar-refractivity contribution is 7.13. The summed E-state index contributed by atoms with van der Waals surface area (Å²) in [6.07, 6.45) is 1.41. The molecule has 0 saturated carbocycles. The average molecular weight is 214 g/mol. The average Bonchev–Trinajstić information content (AvgIpc) is 2.60. The summed E-state index contributed by atoms with van der Waals surface area (Å²) in [7, 11) is 0. The van der Waals surface area contributed by atoms with Crippen LogP contribution in [0, 0.1) is 0 Å². The van der Waals surface area contributed by atoms with Crippen molar-refractivity contribution in [3.63, 3.8) is 0 Å². The second-order valence-electron chi connectivity index (χ2n) is 3.00. The molecule has 0 saturated heterocycles. The van der Waals surface area contributed by atoms with Gasteiger partial charge in [0.05, 0.1) is 11.7 Å². The van der Waals surface area contributed by atoms with Gasteiger partial charge in [-0.15, -0.1) is 11.3 Å². The zero-order valence-corrected chi connectivity index (χ0v) is 9.10. The lowest BCUT2D eigenvalue weighted by Gasteiger charge is -2.01. The topological polar surface area (TPSA) is 76.2 Å². The second-order valence-corrected chi connectivity index (χ2v) is 4.03. The first-order valence-electron chi connectivity index (χ1n) is 4.58. The normalized spacial score (nSPS) is 12.8. The Morgan fingerprint density at radius 3 is 2.64 bits per heavy atom. The predicted octanol–water partition coefficient (Wildman–Crippen LogP) is 1.81. The van der Waals surface area contributed by atoms with Crippen LogP contribution in [0.3, 0.4) is 0 Å². The van der Waals surface area contributed by atoms with Crippen molar-refractivity contribution < 1.29 is 9.90 Å². The maximum absolute atomic E-state index is 10.8. The van der Waals surface area contributed by atoms with Crippen LogP contribution in [-0.4, -0.2) is 16.1 Å². The number of rotatable bonds is 4. The molecule has 0 aromatic carbocycles. The Morgan fingerprint density at radius 2 is 2.29 bits per heavy atom. The highest BCUT2D eigenvalue weighted by Crippen LogP contribution is 2.24. The molecule has 4 nitrogen and oxygen atoms in total. The molecule has 0 aliphatic rings. The van der Waals surface area contributed by atoms with Gasteiger partial charge in [0.25, 0.3) is 0 Å². The fourth-order valence-corrected chi connectivity index (χ4v) is 2.19. The van der Waals surface area contributed by atoms with Gasteiger partial charge in [0.15, 0.2) is 0 Å². The van der Waals surface area contributed by atoms with Crippen LogP contribution in [0.5, 0.6) is 0 Å². The van der Waals surface area contributed by atoms with Gasteiger partial charge in [0, 0.05) is 0 Å². The van der Waals surface area contributed by atoms with Crippen LogP contribution in [0.25, 0.3) is 0 Å². The molecule has 78 valence electrons. The molecule has 1 atom stereocenters. The smallest absolute Gasteiger partial charge is 0.347 e. The standard InChI is InChI=1S/C9H14N2O2S/c1-3-5(10)8-11-6(4-2)7(14-8)9(12)13/h5H,3-4,10H2,1-2H3,(H,12,13). The number of carbonyl (C=O) groups is 1. The predicted molar refractivity (Wildman–Crippen MR) is 55.7 cm³/mol. The number of thiazole rings is 1. The third-order valence-corrected chi connectivity index (χ3v) is 3.22. The maximum Gasteiger partial charge on any atom is 0.347 e. The summed E-state index contributed by atoms with van der Waals surface area (Å²) in [4.78, 5) is 15.4. The van der Waals surface area contributed by atoms with Crippen molar-refractivity contribution in [1.29, 1.82) is 0 Å². The van der Waals surface area contributed by atoms with Gasteiger partial charge in [-0.3, -0.25) is 0 Å². The molecule has 1 aromatic heterocycles. The van der Waals surface area contributed by atoms with E-state index in [0.29, 0.717) is 17.0 Å². The molecular weight excluding hydrogens is 200 g/mol. The first-order chi connectivity index (χ1) is 6.60. The van der Waals surface area contributed by atoms with E-state index in [2.05, 4.69) is 4.98 Å². The van der Waals surface area contributed by atoms with Crippen molar-refractivity contribution in [1.82, 2.24) is 4.98 Å². The molecule has 0 radical (unpaired) electrons. The van der Waals surface area contributed by atoms with E-state index in [1.807, 2.05) is 13.8 Å². The summed E-state index contributed by atoms with van der Waals surface area (Å²) in [5.41, 5.74) is 6.43. The molecule has 0 aliphatic heterocycles. The van der Waals surface area contributed by atoms with E-state index in [0.717, 1.165) is 11.4 Å². The van der Waals surface area contributed by atoms with Crippen LogP contribution in [0.1, 0.15) is 46.7 Å². The van der Waals surface area contributed by atoms with E-state index >= 15 is 0 Å². The molecule has 0 spiro atoms. The van der Waals surface area contributed by atoms with E-state index < -0.39 is 5.97 Å². The first-order valence-corrected chi connectivity index (χ1v) is 5.40. The minimum Gasteiger partial charge on any atom is -0.477 e. The number of aromatic nitrogens is 1. The minimum atomic E-state index is -0.908. The largest absolute Gasteiger partial charge is 0.477 e. The highest BCUT2D eigenvalue weighted by atomic mass is 32.1. The zero-order chi connectivity index (χ0) is 10.7. The Kier molecular flexibility index (Phi) is 3.60. The quantitative estimate of drug-likeness (QED) is 0.801. The number of aromatic carboxylic acids is 1. The molecule has 5 heteroatoms. The van der Waals surface area contributed by atoms with Crippen LogP contribution in [0.15, 0.2) is 0 Å². The summed E-state index contributed by atoms with van der Waals surface area (Å²) in [5, 5.41) is 9.62. The first kappa shape index (κ1) is 11.1. The van der Waals surface area contributed by atoms with Crippen molar-refractivity contribution in [3.05, 3.63) is 15.6 Å². The van der Waals surface area contributed by atoms with Gasteiger partial charge in [-0.05, 0) is 12.8 Å². The van der Waals surface area contributed by atoms with E-state index in [4.69, 9.17) is 10.8 Å². The number of nitrogens with zero attached hydrogens (tertiary/aromatic N) is 1. The van der Waals surface area contributed by atoms with Crippen LogP contribution in [0.4, 0.5) is 0 Å². The number of hydrogen-bond donors (Lipinski definition) is 2. The monoisotopic (exact) mass is 214 g/mol. The van der Waals surface area contributed by atoms with Gasteiger partial charge in [-0.1, -0.05) is 13.8 Å². The Morgan fingerprint density at radius 1 is 1.64 bits per heavy atom. The van der Waals surface area contributed by atoms with Crippen molar-refractivity contribution in [3.8, 4) is 0 Å². The van der Waals surface area contributed by atoms with Gasteiger partial charge in [0.2, 0.25) is 0 Å². The fourth-order valence-electron chi connectivity index (χ4n) is 1.11. The number of aryl methyl sites for hydroxylation is 1. The molecule has 1 unspecified atom stereocenters. The molecule has 14 heavy (non-hydrogen) atoms. The molecule has 0 fully saturated rings. The van der Waals surface area contributed by atoms with Crippen LogP contribution in [0.2, 0.25) is 0 Å². The second kappa shape index (κ2) is 4.52. The molecule has 0 aliphatic carbocycles. The van der Waals surface area contributed by atoms with E-state index in [9.17, 15) is 4.79 Å². The summed E-state index contributed by atoms with van der Waals surface area (Å²) in [6.45, 7) is 3.85. The Hall–Kier alpha value is -0.940. The highest BCUT2D eigenvalue weighted by Gasteiger charge is 2.18. The molecule has 0 amide bonds. The van der Waals surface area contributed by atoms with Gasteiger partial charge in [0.1, 0.15) is 9.88 Å². The number of carboxylic acids is 1. The van der Waals surface area contributed by atoms with Crippen LogP contribution >= 0.6 is 11.3 Å². The third kappa shape index (κ3) is 2.10. The Balaban J connectivity index is 3.06. The van der Waals surface area contributed by atoms with Gasteiger partial charge in [-0.2, -0.15) is 0 Å². The van der Waals surface area contributed by atoms with Crippen LogP contribution < -0.4 is 5.73 Å². The fraction of sp³-hybridized carbons (Fsp3) is 0.556. The Bertz CT molecular complexity index is 336. The molecule has 0 bridgehead atoms. The van der Waals surface area contributed by atoms with Gasteiger partial charge >= 0.3 is 5.97 Å². The Labute approximate surface area is 86.8 Å². The number of hydrogen-bond acceptors (Lipinski definition) is 4. The number of carboxylic acid groups (broad SMARTS) is 1. The molecule has 1 heterocycles. The third-order valence-electron chi connectivity index (χ3n) is 2.00. The van der Waals surface area contributed by atoms with Gasteiger partial charge < -0.3 is 10.8 Å². The van der Waals surface area contributed by atoms with Crippen molar-refractivity contribution in [2.45, 2.75) is 32.7 Å². The summed E-state index contributed by atoms with van der Waals surface area (Å²) in [6, 6.07) is -0.140. The van der Waals surface area contributed by atoms with Crippen molar-refractivity contribution >= 4 is 17.3 Å². The summed E-state index contributed by atoms with van der Waals surface area (Å²) >= 11 is 1.19. The minimum absolute atomic E-state index is 0.140. The maximum atomic E-state index is 10.8. The van der Waals surface area contributed by atoms with Crippen molar-refractivity contribution in [2.24, 2.45) is 5.73 Å². The zero-order valence-electron chi connectivity index (χ0n) is 8.28. The molecule has 1 aromatic rings. The summed E-state index contributed by atoms with van der Waals surface area (Å²) < 4.78 is 0. The van der Waals surface area contributed by atoms with Crippen LogP contribution in [-0.2, 0) is 6.42 Å². The lowest BCUT2D eigenvalue weighted by atomic mass is 10.2. The lowest BCUT2D eigenvalue weighted by molar-refractivity contribution is 0.0701. The van der Waals surface area contributed by atoms with Crippen molar-refractivity contribution in [2.75, 3.05) is 0 Å². The lowest BCUT2D eigenvalue weighted by Crippen LogP contribution is -2.07. The summed E-state index contributed by atoms with van der Waals surface area (Å²) in [5.74, 6) is -0.908. The molecule has 1 rings (SSSR count). The van der Waals surface area contributed by atoms with E-state index in [1.165, 1.54) is 11.3 Å². The van der Waals surface area contributed by atoms with E-state index in [1.54, 1.807) is 0 Å². The van der Waals surface area contributed by atoms with Gasteiger partial charge in [-0.25, -0.2) is 9.78 Å². The van der Waals surface area contributed by atoms with E-state index in [-0.39, 0.29) is 6.04 Å². The SMILES string of the molecule is CCc1nc(C(N)CC)sc1C(=O)O. The molecular formula is C9H14N2O2S.